The maximum Gasteiger partial charge on any atom is 0.343 e. The molecule has 0 saturated heterocycles. The van der Waals surface area contributed by atoms with Gasteiger partial charge in [0, 0.05) is 12.6 Å². The summed E-state index contributed by atoms with van der Waals surface area (Å²) in [7, 11) is 0. The molecule has 1 aromatic rings. The monoisotopic (exact) mass is 274 g/mol. The first-order valence-electron chi connectivity index (χ1n) is 6.19. The number of thioether (sulfide) groups is 1. The maximum absolute atomic E-state index is 11.5. The van der Waals surface area contributed by atoms with Crippen LogP contribution in [-0.2, 0) is 6.54 Å². The SMILES string of the molecule is CCCn1c(SC(CO)C(N)C(C)C)n[nH]c1=O. The Labute approximate surface area is 111 Å². The van der Waals surface area contributed by atoms with Gasteiger partial charge in [0.1, 0.15) is 0 Å². The summed E-state index contributed by atoms with van der Waals surface area (Å²) in [6, 6.07) is -0.137. The van der Waals surface area contributed by atoms with Crippen molar-refractivity contribution in [3.8, 4) is 0 Å². The number of aromatic amines is 1. The van der Waals surface area contributed by atoms with Crippen LogP contribution in [0.1, 0.15) is 27.2 Å². The van der Waals surface area contributed by atoms with Crippen LogP contribution in [0.3, 0.4) is 0 Å². The smallest absolute Gasteiger partial charge is 0.343 e. The number of rotatable bonds is 7. The van der Waals surface area contributed by atoms with E-state index in [2.05, 4.69) is 10.2 Å². The van der Waals surface area contributed by atoms with Gasteiger partial charge in [0.25, 0.3) is 0 Å². The van der Waals surface area contributed by atoms with Crippen molar-refractivity contribution in [2.75, 3.05) is 6.61 Å². The highest BCUT2D eigenvalue weighted by molar-refractivity contribution is 7.99. The number of H-pyrrole nitrogens is 1. The van der Waals surface area contributed by atoms with Crippen molar-refractivity contribution in [2.24, 2.45) is 11.7 Å². The van der Waals surface area contributed by atoms with E-state index in [9.17, 15) is 9.90 Å². The minimum absolute atomic E-state index is 0.0306. The standard InChI is InChI=1S/C11H22N4O2S/c1-4-5-15-10(17)13-14-11(15)18-8(6-16)9(12)7(2)3/h7-9,16H,4-6,12H2,1-3H3,(H,13,17). The molecule has 18 heavy (non-hydrogen) atoms. The lowest BCUT2D eigenvalue weighted by atomic mass is 10.0. The second-order valence-corrected chi connectivity index (χ2v) is 5.83. The van der Waals surface area contributed by atoms with Gasteiger partial charge < -0.3 is 10.8 Å². The lowest BCUT2D eigenvalue weighted by Crippen LogP contribution is -2.39. The molecule has 0 aliphatic carbocycles. The molecule has 0 aromatic carbocycles. The molecule has 6 nitrogen and oxygen atoms in total. The fourth-order valence-corrected chi connectivity index (χ4v) is 2.83. The number of aliphatic hydroxyl groups is 1. The highest BCUT2D eigenvalue weighted by atomic mass is 32.2. The largest absolute Gasteiger partial charge is 0.395 e. The minimum atomic E-state index is -0.214. The first-order chi connectivity index (χ1) is 8.51. The Kier molecular flexibility index (Phi) is 5.90. The van der Waals surface area contributed by atoms with Crippen LogP contribution in [0, 0.1) is 5.92 Å². The average molecular weight is 274 g/mol. The summed E-state index contributed by atoms with van der Waals surface area (Å²) < 4.78 is 1.58. The molecular weight excluding hydrogens is 252 g/mol. The Morgan fingerprint density at radius 3 is 2.72 bits per heavy atom. The molecule has 0 aliphatic heterocycles. The highest BCUT2D eigenvalue weighted by Gasteiger charge is 2.23. The van der Waals surface area contributed by atoms with E-state index in [1.165, 1.54) is 11.8 Å². The van der Waals surface area contributed by atoms with Gasteiger partial charge >= 0.3 is 5.69 Å². The fourth-order valence-electron chi connectivity index (χ4n) is 1.62. The van der Waals surface area contributed by atoms with Gasteiger partial charge in [0.2, 0.25) is 0 Å². The second kappa shape index (κ2) is 6.96. The number of hydrogen-bond donors (Lipinski definition) is 3. The Bertz CT molecular complexity index is 415. The van der Waals surface area contributed by atoms with E-state index in [1.807, 2.05) is 20.8 Å². The first-order valence-corrected chi connectivity index (χ1v) is 7.07. The molecule has 0 saturated carbocycles. The number of aliphatic hydroxyl groups excluding tert-OH is 1. The third kappa shape index (κ3) is 3.60. The summed E-state index contributed by atoms with van der Waals surface area (Å²) >= 11 is 1.36. The molecule has 0 spiro atoms. The van der Waals surface area contributed by atoms with Crippen LogP contribution in [0.15, 0.2) is 9.95 Å². The van der Waals surface area contributed by atoms with Gasteiger partial charge in [-0.25, -0.2) is 9.89 Å². The third-order valence-electron chi connectivity index (χ3n) is 2.81. The topological polar surface area (TPSA) is 96.9 Å². The summed E-state index contributed by atoms with van der Waals surface area (Å²) in [5.41, 5.74) is 5.83. The van der Waals surface area contributed by atoms with E-state index < -0.39 is 0 Å². The molecule has 0 aliphatic rings. The molecule has 2 atom stereocenters. The van der Waals surface area contributed by atoms with Crippen LogP contribution in [0.5, 0.6) is 0 Å². The Morgan fingerprint density at radius 2 is 2.22 bits per heavy atom. The summed E-state index contributed by atoms with van der Waals surface area (Å²) in [5.74, 6) is 0.264. The molecule has 7 heteroatoms. The fraction of sp³-hybridized carbons (Fsp3) is 0.818. The van der Waals surface area contributed by atoms with Crippen LogP contribution in [0.2, 0.25) is 0 Å². The molecule has 1 heterocycles. The van der Waals surface area contributed by atoms with Crippen LogP contribution >= 0.6 is 11.8 Å². The van der Waals surface area contributed by atoms with Crippen LogP contribution in [-0.4, -0.2) is 37.8 Å². The predicted molar refractivity (Wildman–Crippen MR) is 72.7 cm³/mol. The normalized spacial score (nSPS) is 15.0. The van der Waals surface area contributed by atoms with Gasteiger partial charge in [-0.15, -0.1) is 5.10 Å². The second-order valence-electron chi connectivity index (χ2n) is 4.62. The molecule has 4 N–H and O–H groups in total. The van der Waals surface area contributed by atoms with Crippen LogP contribution in [0.4, 0.5) is 0 Å². The van der Waals surface area contributed by atoms with Crippen molar-refractivity contribution < 1.29 is 5.11 Å². The van der Waals surface area contributed by atoms with Crippen molar-refractivity contribution in [1.82, 2.24) is 14.8 Å². The van der Waals surface area contributed by atoms with Crippen LogP contribution in [0.25, 0.3) is 0 Å². The van der Waals surface area contributed by atoms with Crippen molar-refractivity contribution in [1.29, 1.82) is 0 Å². The third-order valence-corrected chi connectivity index (χ3v) is 4.09. The first kappa shape index (κ1) is 15.3. The quantitative estimate of drug-likeness (QED) is 0.626. The number of nitrogens with two attached hydrogens (primary N) is 1. The summed E-state index contributed by atoms with van der Waals surface area (Å²) in [4.78, 5) is 11.5. The van der Waals surface area contributed by atoms with Gasteiger partial charge in [0.15, 0.2) is 5.16 Å². The summed E-state index contributed by atoms with van der Waals surface area (Å²) in [5, 5.41) is 16.3. The summed E-state index contributed by atoms with van der Waals surface area (Å²) in [6.45, 7) is 6.61. The lowest BCUT2D eigenvalue weighted by Gasteiger charge is -2.24. The molecule has 0 fully saturated rings. The zero-order valence-electron chi connectivity index (χ0n) is 11.1. The Balaban J connectivity index is 2.85. The van der Waals surface area contributed by atoms with E-state index in [0.29, 0.717) is 11.7 Å². The average Bonchev–Trinajstić information content (AvgIpc) is 2.67. The number of nitrogens with zero attached hydrogens (tertiary/aromatic N) is 2. The molecule has 1 aromatic heterocycles. The minimum Gasteiger partial charge on any atom is -0.395 e. The van der Waals surface area contributed by atoms with Crippen molar-refractivity contribution in [2.45, 2.75) is 50.2 Å². The van der Waals surface area contributed by atoms with E-state index in [0.717, 1.165) is 6.42 Å². The number of nitrogens with one attached hydrogen (secondary N) is 1. The van der Waals surface area contributed by atoms with Gasteiger partial charge in [-0.1, -0.05) is 32.5 Å². The molecule has 0 amide bonds. The van der Waals surface area contributed by atoms with Gasteiger partial charge in [0.05, 0.1) is 11.9 Å². The van der Waals surface area contributed by atoms with Crippen LogP contribution < -0.4 is 11.4 Å². The maximum atomic E-state index is 11.5. The van der Waals surface area contributed by atoms with E-state index in [4.69, 9.17) is 5.73 Å². The van der Waals surface area contributed by atoms with Crippen molar-refractivity contribution in [3.05, 3.63) is 10.5 Å². The molecule has 104 valence electrons. The number of hydrogen-bond acceptors (Lipinski definition) is 5. The zero-order valence-corrected chi connectivity index (χ0v) is 11.9. The van der Waals surface area contributed by atoms with Gasteiger partial charge in [-0.2, -0.15) is 0 Å². The molecular formula is C11H22N4O2S. The van der Waals surface area contributed by atoms with Gasteiger partial charge in [-0.3, -0.25) is 4.57 Å². The lowest BCUT2D eigenvalue weighted by molar-refractivity contribution is 0.269. The highest BCUT2D eigenvalue weighted by Crippen LogP contribution is 2.24. The summed E-state index contributed by atoms with van der Waals surface area (Å²) in [6.07, 6.45) is 0.854. The zero-order chi connectivity index (χ0) is 13.7. The Hall–Kier alpha value is -0.790. The van der Waals surface area contributed by atoms with E-state index >= 15 is 0 Å². The van der Waals surface area contributed by atoms with E-state index in [-0.39, 0.29) is 29.5 Å². The van der Waals surface area contributed by atoms with Crippen molar-refractivity contribution in [3.63, 3.8) is 0 Å². The molecule has 0 radical (unpaired) electrons. The Morgan fingerprint density at radius 1 is 1.56 bits per heavy atom. The van der Waals surface area contributed by atoms with Crippen molar-refractivity contribution >= 4 is 11.8 Å². The van der Waals surface area contributed by atoms with Gasteiger partial charge in [-0.05, 0) is 12.3 Å². The number of aromatic nitrogens is 3. The molecule has 2 unspecified atom stereocenters. The molecule has 0 bridgehead atoms. The molecule has 1 rings (SSSR count). The van der Waals surface area contributed by atoms with E-state index in [1.54, 1.807) is 4.57 Å². The predicted octanol–water partition coefficient (Wildman–Crippen LogP) is 0.418.